The highest BCUT2D eigenvalue weighted by molar-refractivity contribution is 8.13. The fourth-order valence-corrected chi connectivity index (χ4v) is 3.48. The molecule has 0 fully saturated rings. The van der Waals surface area contributed by atoms with Crippen molar-refractivity contribution >= 4 is 34.2 Å². The van der Waals surface area contributed by atoms with Gasteiger partial charge in [0.25, 0.3) is 17.3 Å². The maximum atomic E-state index is 12.7. The lowest BCUT2D eigenvalue weighted by Gasteiger charge is -2.17. The van der Waals surface area contributed by atoms with E-state index in [2.05, 4.69) is 4.99 Å². The van der Waals surface area contributed by atoms with Crippen LogP contribution in [0.25, 0.3) is 0 Å². The van der Waals surface area contributed by atoms with Crippen LogP contribution in [0.4, 0.5) is 11.4 Å². The van der Waals surface area contributed by atoms with E-state index in [9.17, 15) is 25.0 Å². The quantitative estimate of drug-likeness (QED) is 0.575. The van der Waals surface area contributed by atoms with Gasteiger partial charge in [0, 0.05) is 42.1 Å². The van der Waals surface area contributed by atoms with Crippen LogP contribution in [-0.2, 0) is 5.75 Å². The number of non-ortho nitro benzene ring substituents is 2. The molecule has 9 nitrogen and oxygen atoms in total. The number of carbonyl (C=O) groups excluding carboxylic acids is 1. The third-order valence-electron chi connectivity index (χ3n) is 3.89. The minimum Gasteiger partial charge on any atom is -0.286 e. The number of aliphatic imine (C=N–C) groups is 1. The second kappa shape index (κ2) is 7.96. The second-order valence-corrected chi connectivity index (χ2v) is 6.58. The standard InChI is InChI=1S/C17H14N4O5S/c22-16(13-3-7-15(8-4-13)21(25)26)19-10-9-18-17(19)27-11-12-1-5-14(6-2-12)20(23)24/h1-8H,9-11H2. The first-order valence-electron chi connectivity index (χ1n) is 7.92. The summed E-state index contributed by atoms with van der Waals surface area (Å²) in [6.07, 6.45) is 0. The normalized spacial score (nSPS) is 13.3. The van der Waals surface area contributed by atoms with Gasteiger partial charge in [0.1, 0.15) is 0 Å². The minimum atomic E-state index is -0.517. The molecular formula is C17H14N4O5S. The van der Waals surface area contributed by atoms with Gasteiger partial charge in [0.2, 0.25) is 0 Å². The van der Waals surface area contributed by atoms with Gasteiger partial charge < -0.3 is 0 Å². The second-order valence-electron chi connectivity index (χ2n) is 5.64. The van der Waals surface area contributed by atoms with E-state index >= 15 is 0 Å². The number of amidine groups is 1. The van der Waals surface area contributed by atoms with E-state index in [0.29, 0.717) is 29.6 Å². The van der Waals surface area contributed by atoms with Crippen LogP contribution in [0.1, 0.15) is 15.9 Å². The first-order chi connectivity index (χ1) is 13.0. The van der Waals surface area contributed by atoms with Gasteiger partial charge in [0.15, 0.2) is 5.17 Å². The summed E-state index contributed by atoms with van der Waals surface area (Å²) < 4.78 is 0. The molecule has 0 spiro atoms. The highest BCUT2D eigenvalue weighted by atomic mass is 32.2. The summed E-state index contributed by atoms with van der Waals surface area (Å²) in [5, 5.41) is 22.0. The average Bonchev–Trinajstić information content (AvgIpc) is 3.14. The van der Waals surface area contributed by atoms with Crippen molar-refractivity contribution in [1.82, 2.24) is 4.90 Å². The number of amides is 1. The Morgan fingerprint density at radius 1 is 1.00 bits per heavy atom. The fraction of sp³-hybridized carbons (Fsp3) is 0.176. The Morgan fingerprint density at radius 2 is 1.56 bits per heavy atom. The Bertz CT molecular complexity index is 912. The average molecular weight is 386 g/mol. The maximum Gasteiger partial charge on any atom is 0.269 e. The van der Waals surface area contributed by atoms with Crippen molar-refractivity contribution in [2.45, 2.75) is 5.75 Å². The molecule has 27 heavy (non-hydrogen) atoms. The van der Waals surface area contributed by atoms with Gasteiger partial charge in [0.05, 0.1) is 16.4 Å². The Hall–Kier alpha value is -3.27. The van der Waals surface area contributed by atoms with Crippen molar-refractivity contribution in [1.29, 1.82) is 0 Å². The van der Waals surface area contributed by atoms with Crippen molar-refractivity contribution < 1.29 is 14.6 Å². The fourth-order valence-electron chi connectivity index (χ4n) is 2.48. The summed E-state index contributed by atoms with van der Waals surface area (Å²) in [6, 6.07) is 11.7. The lowest BCUT2D eigenvalue weighted by molar-refractivity contribution is -0.385. The molecule has 1 amide bonds. The van der Waals surface area contributed by atoms with Crippen molar-refractivity contribution in [3.63, 3.8) is 0 Å². The summed E-state index contributed by atoms with van der Waals surface area (Å²) in [4.78, 5) is 39.0. The summed E-state index contributed by atoms with van der Waals surface area (Å²) in [5.41, 5.74) is 1.18. The number of thioether (sulfide) groups is 1. The Kier molecular flexibility index (Phi) is 5.46. The van der Waals surface area contributed by atoms with Crippen LogP contribution in [0.2, 0.25) is 0 Å². The molecule has 0 unspecified atom stereocenters. The molecule has 0 aliphatic carbocycles. The van der Waals surface area contributed by atoms with E-state index in [1.807, 2.05) is 0 Å². The van der Waals surface area contributed by atoms with Gasteiger partial charge in [-0.25, -0.2) is 0 Å². The number of benzene rings is 2. The monoisotopic (exact) mass is 386 g/mol. The molecular weight excluding hydrogens is 372 g/mol. The molecule has 1 heterocycles. The van der Waals surface area contributed by atoms with Crippen molar-refractivity contribution in [2.24, 2.45) is 4.99 Å². The van der Waals surface area contributed by atoms with E-state index in [-0.39, 0.29) is 17.3 Å². The van der Waals surface area contributed by atoms with E-state index in [4.69, 9.17) is 0 Å². The molecule has 0 radical (unpaired) electrons. The molecule has 3 rings (SSSR count). The third kappa shape index (κ3) is 4.29. The molecule has 2 aromatic rings. The van der Waals surface area contributed by atoms with Crippen LogP contribution in [0.15, 0.2) is 53.5 Å². The summed E-state index contributed by atoms with van der Waals surface area (Å²) >= 11 is 1.37. The number of hydrogen-bond acceptors (Lipinski definition) is 7. The Labute approximate surface area is 158 Å². The highest BCUT2D eigenvalue weighted by Crippen LogP contribution is 2.23. The minimum absolute atomic E-state index is 0.0249. The zero-order valence-electron chi connectivity index (χ0n) is 14.0. The molecule has 0 N–H and O–H groups in total. The lowest BCUT2D eigenvalue weighted by atomic mass is 10.2. The number of hydrogen-bond donors (Lipinski definition) is 0. The summed E-state index contributed by atoms with van der Waals surface area (Å²) in [7, 11) is 0. The van der Waals surface area contributed by atoms with E-state index in [1.54, 1.807) is 12.1 Å². The van der Waals surface area contributed by atoms with Gasteiger partial charge in [-0.15, -0.1) is 0 Å². The maximum absolute atomic E-state index is 12.7. The van der Waals surface area contributed by atoms with E-state index < -0.39 is 9.85 Å². The van der Waals surface area contributed by atoms with Crippen LogP contribution in [0.3, 0.4) is 0 Å². The predicted octanol–water partition coefficient (Wildman–Crippen LogP) is 3.25. The molecule has 2 aromatic carbocycles. The van der Waals surface area contributed by atoms with Crippen LogP contribution >= 0.6 is 11.8 Å². The number of carbonyl (C=O) groups is 1. The highest BCUT2D eigenvalue weighted by Gasteiger charge is 2.25. The predicted molar refractivity (Wildman–Crippen MR) is 101 cm³/mol. The summed E-state index contributed by atoms with van der Waals surface area (Å²) in [5.74, 6) is 0.248. The first kappa shape index (κ1) is 18.5. The van der Waals surface area contributed by atoms with E-state index in [0.717, 1.165) is 5.56 Å². The molecule has 138 valence electrons. The molecule has 1 aliphatic rings. The lowest BCUT2D eigenvalue weighted by Crippen LogP contribution is -2.32. The number of rotatable bonds is 5. The molecule has 0 aromatic heterocycles. The molecule has 0 bridgehead atoms. The Balaban J connectivity index is 1.65. The number of nitro groups is 2. The van der Waals surface area contributed by atoms with Crippen molar-refractivity contribution in [2.75, 3.05) is 13.1 Å². The first-order valence-corrected chi connectivity index (χ1v) is 8.91. The van der Waals surface area contributed by atoms with Gasteiger partial charge in [-0.2, -0.15) is 0 Å². The SMILES string of the molecule is O=C(c1ccc([N+](=O)[O-])cc1)N1CCN=C1SCc1ccc([N+](=O)[O-])cc1. The smallest absolute Gasteiger partial charge is 0.269 e. The molecule has 0 atom stereocenters. The Morgan fingerprint density at radius 3 is 2.11 bits per heavy atom. The van der Waals surface area contributed by atoms with Gasteiger partial charge in [-0.1, -0.05) is 23.9 Å². The third-order valence-corrected chi connectivity index (χ3v) is 4.97. The topological polar surface area (TPSA) is 119 Å². The molecule has 1 aliphatic heterocycles. The molecule has 0 saturated heterocycles. The van der Waals surface area contributed by atoms with Gasteiger partial charge in [-0.3, -0.25) is 34.9 Å². The number of nitrogens with zero attached hydrogens (tertiary/aromatic N) is 4. The zero-order chi connectivity index (χ0) is 19.4. The summed E-state index contributed by atoms with van der Waals surface area (Å²) in [6.45, 7) is 0.930. The molecule has 10 heteroatoms. The van der Waals surface area contributed by atoms with Crippen molar-refractivity contribution in [3.8, 4) is 0 Å². The van der Waals surface area contributed by atoms with Crippen LogP contribution in [-0.4, -0.2) is 38.9 Å². The van der Waals surface area contributed by atoms with Crippen LogP contribution in [0.5, 0.6) is 0 Å². The van der Waals surface area contributed by atoms with E-state index in [1.165, 1.54) is 53.1 Å². The van der Waals surface area contributed by atoms with Crippen molar-refractivity contribution in [3.05, 3.63) is 79.9 Å². The largest absolute Gasteiger partial charge is 0.286 e. The zero-order valence-corrected chi connectivity index (χ0v) is 14.8. The van der Waals surface area contributed by atoms with Crippen LogP contribution < -0.4 is 0 Å². The molecule has 0 saturated carbocycles. The van der Waals surface area contributed by atoms with Crippen LogP contribution in [0, 0.1) is 20.2 Å². The van der Waals surface area contributed by atoms with Gasteiger partial charge in [-0.05, 0) is 17.7 Å². The number of nitro benzene ring substituents is 2. The van der Waals surface area contributed by atoms with Gasteiger partial charge >= 0.3 is 0 Å².